The Hall–Kier alpha value is -2.08. The van der Waals surface area contributed by atoms with Crippen LogP contribution in [0, 0.1) is 0 Å². The van der Waals surface area contributed by atoms with Gasteiger partial charge < -0.3 is 15.7 Å². The van der Waals surface area contributed by atoms with Crippen molar-refractivity contribution in [1.82, 2.24) is 5.32 Å². The molecule has 0 aliphatic carbocycles. The lowest BCUT2D eigenvalue weighted by Gasteiger charge is -2.20. The van der Waals surface area contributed by atoms with Gasteiger partial charge in [-0.2, -0.15) is 0 Å². The molecule has 0 fully saturated rings. The van der Waals surface area contributed by atoms with Gasteiger partial charge in [0.05, 0.1) is 4.87 Å². The third-order valence-corrected chi connectivity index (χ3v) is 2.63. The number of nitrogens with one attached hydrogen (secondary N) is 2. The molecule has 0 spiro atoms. The number of rotatable bonds is 4. The molecule has 108 valence electrons. The summed E-state index contributed by atoms with van der Waals surface area (Å²) >= 11 is 6.20. The van der Waals surface area contributed by atoms with Gasteiger partial charge in [0.15, 0.2) is 0 Å². The van der Waals surface area contributed by atoms with Crippen molar-refractivity contribution in [2.75, 3.05) is 11.9 Å². The summed E-state index contributed by atoms with van der Waals surface area (Å²) in [5.41, 5.74) is 1.06. The molecule has 1 aromatic carbocycles. The summed E-state index contributed by atoms with van der Waals surface area (Å²) in [6, 6.07) is 6.80. The highest BCUT2D eigenvalue weighted by Crippen LogP contribution is 2.33. The molecular weight excluding hydrogens is 284 g/mol. The normalized spacial score (nSPS) is 10.8. The van der Waals surface area contributed by atoms with E-state index in [0.717, 1.165) is 0 Å². The number of alkyl halides is 1. The number of carbonyl (C=O) groups excluding carboxylic acids is 2. The van der Waals surface area contributed by atoms with Gasteiger partial charge in [-0.25, -0.2) is 0 Å². The number of hydrogen-bond donors (Lipinski definition) is 3. The molecule has 0 aliphatic rings. The van der Waals surface area contributed by atoms with Crippen molar-refractivity contribution in [2.45, 2.75) is 18.7 Å². The maximum atomic E-state index is 11.6. The highest BCUT2D eigenvalue weighted by molar-refractivity contribution is 6.40. The molecule has 0 saturated carbocycles. The van der Waals surface area contributed by atoms with Gasteiger partial charge in [0.25, 0.3) is 0 Å². The predicted molar refractivity (Wildman–Crippen MR) is 74.6 cm³/mol. The van der Waals surface area contributed by atoms with E-state index in [1.807, 2.05) is 5.32 Å². The summed E-state index contributed by atoms with van der Waals surface area (Å²) in [5.74, 6) is -3.19. The molecule has 0 aromatic heterocycles. The first-order chi connectivity index (χ1) is 9.21. The van der Waals surface area contributed by atoms with Gasteiger partial charge in [0.2, 0.25) is 0 Å². The quantitative estimate of drug-likeness (QED) is 0.577. The van der Waals surface area contributed by atoms with Crippen LogP contribution in [-0.4, -0.2) is 29.4 Å². The van der Waals surface area contributed by atoms with Crippen LogP contribution in [0.1, 0.15) is 19.4 Å². The lowest BCUT2D eigenvalue weighted by Crippen LogP contribution is -2.38. The minimum Gasteiger partial charge on any atom is -0.480 e. The molecule has 1 aromatic rings. The first-order valence-corrected chi connectivity index (χ1v) is 6.19. The number of carboxylic acid groups (broad SMARTS) is 1. The van der Waals surface area contributed by atoms with Crippen LogP contribution in [0.15, 0.2) is 24.3 Å². The number of hydrogen-bond acceptors (Lipinski definition) is 3. The highest BCUT2D eigenvalue weighted by Gasteiger charge is 2.22. The highest BCUT2D eigenvalue weighted by atomic mass is 35.5. The van der Waals surface area contributed by atoms with Crippen molar-refractivity contribution in [3.8, 4) is 0 Å². The Balaban J connectivity index is 2.81. The fourth-order valence-electron chi connectivity index (χ4n) is 1.53. The minimum atomic E-state index is -1.23. The monoisotopic (exact) mass is 298 g/mol. The van der Waals surface area contributed by atoms with Gasteiger partial charge in [-0.1, -0.05) is 18.2 Å². The van der Waals surface area contributed by atoms with Crippen LogP contribution in [0.4, 0.5) is 5.69 Å². The number of carbonyl (C=O) groups is 3. The zero-order valence-corrected chi connectivity index (χ0v) is 11.8. The Morgan fingerprint density at radius 1 is 1.20 bits per heavy atom. The summed E-state index contributed by atoms with van der Waals surface area (Å²) in [7, 11) is 0. The van der Waals surface area contributed by atoms with Gasteiger partial charge >= 0.3 is 17.8 Å². The minimum absolute atomic E-state index is 0.406. The topological polar surface area (TPSA) is 95.5 Å². The third-order valence-electron chi connectivity index (χ3n) is 2.42. The van der Waals surface area contributed by atoms with Crippen molar-refractivity contribution >= 4 is 35.1 Å². The first kappa shape index (κ1) is 16.0. The van der Waals surface area contributed by atoms with E-state index in [1.54, 1.807) is 38.1 Å². The molecule has 2 amide bonds. The van der Waals surface area contributed by atoms with Crippen molar-refractivity contribution in [1.29, 1.82) is 0 Å². The molecule has 0 saturated heterocycles. The number of aliphatic carboxylic acids is 1. The summed E-state index contributed by atoms with van der Waals surface area (Å²) in [6.45, 7) is 2.89. The first-order valence-electron chi connectivity index (χ1n) is 5.81. The summed E-state index contributed by atoms with van der Waals surface area (Å²) in [5, 5.41) is 12.8. The predicted octanol–water partition coefficient (Wildman–Crippen LogP) is 1.30. The van der Waals surface area contributed by atoms with Gasteiger partial charge in [-0.3, -0.25) is 14.4 Å². The Labute approximate surface area is 121 Å². The van der Waals surface area contributed by atoms with Crippen LogP contribution < -0.4 is 10.6 Å². The van der Waals surface area contributed by atoms with E-state index in [9.17, 15) is 14.4 Å². The summed E-state index contributed by atoms with van der Waals surface area (Å²) in [4.78, 5) is 32.6. The molecule has 3 N–H and O–H groups in total. The number of para-hydroxylation sites is 1. The van der Waals surface area contributed by atoms with E-state index >= 15 is 0 Å². The second-order valence-corrected chi connectivity index (χ2v) is 5.49. The van der Waals surface area contributed by atoms with E-state index in [4.69, 9.17) is 16.7 Å². The van der Waals surface area contributed by atoms with Crippen LogP contribution in [0.3, 0.4) is 0 Å². The molecule has 0 radical (unpaired) electrons. The molecule has 1 rings (SSSR count). The fraction of sp³-hybridized carbons (Fsp3) is 0.308. The maximum Gasteiger partial charge on any atom is 0.322 e. The van der Waals surface area contributed by atoms with Gasteiger partial charge in [0.1, 0.15) is 6.54 Å². The van der Waals surface area contributed by atoms with Crippen molar-refractivity contribution in [2.24, 2.45) is 0 Å². The zero-order chi connectivity index (χ0) is 15.3. The second-order valence-electron chi connectivity index (χ2n) is 4.55. The largest absolute Gasteiger partial charge is 0.480 e. The number of benzene rings is 1. The number of anilines is 1. The zero-order valence-electron chi connectivity index (χ0n) is 11.1. The van der Waals surface area contributed by atoms with Crippen molar-refractivity contribution in [3.63, 3.8) is 0 Å². The average Bonchev–Trinajstić information content (AvgIpc) is 2.35. The molecule has 7 heteroatoms. The van der Waals surface area contributed by atoms with Crippen molar-refractivity contribution in [3.05, 3.63) is 29.8 Å². The number of halogens is 1. The van der Waals surface area contributed by atoms with E-state index in [1.165, 1.54) is 0 Å². The van der Waals surface area contributed by atoms with E-state index < -0.39 is 29.2 Å². The second kappa shape index (κ2) is 6.38. The number of carboxylic acids is 1. The molecule has 0 aliphatic heterocycles. The lowest BCUT2D eigenvalue weighted by atomic mass is 10.0. The third kappa shape index (κ3) is 4.55. The maximum absolute atomic E-state index is 11.6. The molecule has 20 heavy (non-hydrogen) atoms. The Morgan fingerprint density at radius 3 is 2.35 bits per heavy atom. The van der Waals surface area contributed by atoms with Crippen LogP contribution in [0.2, 0.25) is 0 Å². The van der Waals surface area contributed by atoms with Crippen LogP contribution in [0.5, 0.6) is 0 Å². The summed E-state index contributed by atoms with van der Waals surface area (Å²) in [6.07, 6.45) is 0. The van der Waals surface area contributed by atoms with Crippen molar-refractivity contribution < 1.29 is 19.5 Å². The van der Waals surface area contributed by atoms with Gasteiger partial charge in [-0.05, 0) is 25.5 Å². The van der Waals surface area contributed by atoms with Gasteiger partial charge in [-0.15, -0.1) is 11.6 Å². The van der Waals surface area contributed by atoms with Crippen LogP contribution in [-0.2, 0) is 19.3 Å². The van der Waals surface area contributed by atoms with Crippen LogP contribution >= 0.6 is 11.6 Å². The van der Waals surface area contributed by atoms with E-state index in [0.29, 0.717) is 11.3 Å². The molecule has 0 bridgehead atoms. The molecule has 6 nitrogen and oxygen atoms in total. The fourth-order valence-corrected chi connectivity index (χ4v) is 1.69. The van der Waals surface area contributed by atoms with E-state index in [2.05, 4.69) is 5.32 Å². The molecule has 0 heterocycles. The van der Waals surface area contributed by atoms with Gasteiger partial charge in [0, 0.05) is 5.69 Å². The van der Waals surface area contributed by atoms with E-state index in [-0.39, 0.29) is 0 Å². The van der Waals surface area contributed by atoms with Crippen LogP contribution in [0.25, 0.3) is 0 Å². The summed E-state index contributed by atoms with van der Waals surface area (Å²) < 4.78 is 0. The lowest BCUT2D eigenvalue weighted by molar-refractivity contribution is -0.140. The molecule has 0 unspecified atom stereocenters. The standard InChI is InChI=1S/C13H15ClN2O4/c1-13(2,14)8-5-3-4-6-9(8)16-12(20)11(19)15-7-10(17)18/h3-6H,7H2,1-2H3,(H,15,19)(H,16,20)(H,17,18). The Kier molecular flexibility index (Phi) is 5.10. The smallest absolute Gasteiger partial charge is 0.322 e. The average molecular weight is 299 g/mol. The SMILES string of the molecule is CC(C)(Cl)c1ccccc1NC(=O)C(=O)NCC(=O)O. The Morgan fingerprint density at radius 2 is 1.80 bits per heavy atom. The Bertz CT molecular complexity index is 537. The molecule has 0 atom stereocenters. The molecular formula is C13H15ClN2O4. The number of amides is 2.